The molecule has 0 heterocycles. The molecule has 0 bridgehead atoms. The minimum Gasteiger partial charge on any atom is -0.495 e. The van der Waals surface area contributed by atoms with Crippen LogP contribution in [0.25, 0.3) is 0 Å². The van der Waals surface area contributed by atoms with Crippen LogP contribution in [0, 0.1) is 11.3 Å². The molecule has 1 aromatic carbocycles. The molecule has 0 amide bonds. The summed E-state index contributed by atoms with van der Waals surface area (Å²) in [4.78, 5) is 11.2. The number of methoxy groups -OCH3 is 1. The third kappa shape index (κ3) is 1.94. The lowest BCUT2D eigenvalue weighted by Gasteiger charge is -2.06. The lowest BCUT2D eigenvalue weighted by molar-refractivity contribution is 0.101. The fourth-order valence-corrected chi connectivity index (χ4v) is 1.70. The molecule has 0 atom stereocenters. The van der Waals surface area contributed by atoms with E-state index >= 15 is 0 Å². The van der Waals surface area contributed by atoms with Crippen molar-refractivity contribution in [3.05, 3.63) is 27.7 Å². The molecule has 0 radical (unpaired) electrons. The summed E-state index contributed by atoms with van der Waals surface area (Å²) in [5, 5.41) is 8.77. The Bertz CT molecular complexity index is 421. The van der Waals surface area contributed by atoms with Crippen molar-refractivity contribution >= 4 is 21.7 Å². The highest BCUT2D eigenvalue weighted by Gasteiger charge is 2.11. The standard InChI is InChI=1S/C10H8BrNO2/c1-6(13)8-4-10(14-2)7(5-12)3-9(8)11/h3-4H,1-2H3. The Morgan fingerprint density at radius 2 is 2.21 bits per heavy atom. The number of rotatable bonds is 2. The zero-order valence-corrected chi connectivity index (χ0v) is 9.38. The van der Waals surface area contributed by atoms with Gasteiger partial charge in [0.05, 0.1) is 12.7 Å². The van der Waals surface area contributed by atoms with Gasteiger partial charge in [0.25, 0.3) is 0 Å². The monoisotopic (exact) mass is 253 g/mol. The number of nitrogens with zero attached hydrogens (tertiary/aromatic N) is 1. The Morgan fingerprint density at radius 1 is 1.57 bits per heavy atom. The zero-order valence-electron chi connectivity index (χ0n) is 7.80. The van der Waals surface area contributed by atoms with Gasteiger partial charge < -0.3 is 4.74 Å². The molecule has 0 aliphatic heterocycles. The van der Waals surface area contributed by atoms with Crippen molar-refractivity contribution in [2.45, 2.75) is 6.92 Å². The predicted molar refractivity (Wildman–Crippen MR) is 55.4 cm³/mol. The number of halogens is 1. The maximum absolute atomic E-state index is 11.2. The van der Waals surface area contributed by atoms with Crippen molar-refractivity contribution in [2.24, 2.45) is 0 Å². The molecule has 0 unspecified atom stereocenters. The SMILES string of the molecule is COc1cc(C(C)=O)c(Br)cc1C#N. The van der Waals surface area contributed by atoms with Crippen LogP contribution < -0.4 is 4.74 Å². The van der Waals surface area contributed by atoms with E-state index in [9.17, 15) is 4.79 Å². The van der Waals surface area contributed by atoms with Crippen molar-refractivity contribution in [3.63, 3.8) is 0 Å². The van der Waals surface area contributed by atoms with Crippen LogP contribution in [0.4, 0.5) is 0 Å². The van der Waals surface area contributed by atoms with Crippen molar-refractivity contribution in [1.29, 1.82) is 5.26 Å². The molecule has 0 spiro atoms. The molecule has 0 saturated carbocycles. The van der Waals surface area contributed by atoms with Crippen molar-refractivity contribution in [2.75, 3.05) is 7.11 Å². The van der Waals surface area contributed by atoms with E-state index < -0.39 is 0 Å². The van der Waals surface area contributed by atoms with Crippen molar-refractivity contribution in [1.82, 2.24) is 0 Å². The highest BCUT2D eigenvalue weighted by atomic mass is 79.9. The quantitative estimate of drug-likeness (QED) is 0.762. The first-order valence-electron chi connectivity index (χ1n) is 3.88. The Morgan fingerprint density at radius 3 is 2.64 bits per heavy atom. The van der Waals surface area contributed by atoms with Gasteiger partial charge in [-0.25, -0.2) is 0 Å². The lowest BCUT2D eigenvalue weighted by Crippen LogP contribution is -1.97. The van der Waals surface area contributed by atoms with Crippen LogP contribution in [0.2, 0.25) is 0 Å². The molecular weight excluding hydrogens is 246 g/mol. The summed E-state index contributed by atoms with van der Waals surface area (Å²) >= 11 is 3.22. The van der Waals surface area contributed by atoms with E-state index in [2.05, 4.69) is 15.9 Å². The van der Waals surface area contributed by atoms with E-state index in [0.29, 0.717) is 21.3 Å². The van der Waals surface area contributed by atoms with E-state index in [4.69, 9.17) is 10.00 Å². The van der Waals surface area contributed by atoms with Crippen LogP contribution in [-0.2, 0) is 0 Å². The Labute approximate surface area is 90.4 Å². The van der Waals surface area contributed by atoms with E-state index in [1.54, 1.807) is 12.1 Å². The molecule has 0 saturated heterocycles. The summed E-state index contributed by atoms with van der Waals surface area (Å²) in [6.07, 6.45) is 0. The van der Waals surface area contributed by atoms with Crippen LogP contribution in [0.15, 0.2) is 16.6 Å². The molecule has 0 N–H and O–H groups in total. The number of hydrogen-bond donors (Lipinski definition) is 0. The number of Topliss-reactive ketones (excluding diaryl/α,β-unsaturated/α-hetero) is 1. The molecule has 0 aliphatic carbocycles. The first kappa shape index (κ1) is 10.7. The van der Waals surface area contributed by atoms with Gasteiger partial charge in [0, 0.05) is 10.0 Å². The van der Waals surface area contributed by atoms with Crippen LogP contribution in [0.3, 0.4) is 0 Å². The molecule has 0 aliphatic rings. The lowest BCUT2D eigenvalue weighted by atomic mass is 10.1. The minimum absolute atomic E-state index is 0.0698. The number of carbonyl (C=O) groups is 1. The summed E-state index contributed by atoms with van der Waals surface area (Å²) < 4.78 is 5.60. The fraction of sp³-hybridized carbons (Fsp3) is 0.200. The van der Waals surface area contributed by atoms with Gasteiger partial charge in [0.2, 0.25) is 0 Å². The van der Waals surface area contributed by atoms with Gasteiger partial charge in [0.15, 0.2) is 5.78 Å². The van der Waals surface area contributed by atoms with Crippen molar-refractivity contribution < 1.29 is 9.53 Å². The number of benzene rings is 1. The van der Waals surface area contributed by atoms with Crippen LogP contribution in [0.1, 0.15) is 22.8 Å². The van der Waals surface area contributed by atoms with Crippen LogP contribution in [-0.4, -0.2) is 12.9 Å². The zero-order chi connectivity index (χ0) is 10.7. The number of ketones is 1. The molecule has 4 heteroatoms. The molecule has 0 aromatic heterocycles. The predicted octanol–water partition coefficient (Wildman–Crippen LogP) is 2.53. The Hall–Kier alpha value is -1.34. The largest absolute Gasteiger partial charge is 0.495 e. The number of carbonyl (C=O) groups excluding carboxylic acids is 1. The average Bonchev–Trinajstić information content (AvgIpc) is 2.16. The van der Waals surface area contributed by atoms with Crippen LogP contribution >= 0.6 is 15.9 Å². The molecule has 1 aromatic rings. The minimum atomic E-state index is -0.0698. The van der Waals surface area contributed by atoms with Gasteiger partial charge in [-0.2, -0.15) is 5.26 Å². The highest BCUT2D eigenvalue weighted by molar-refractivity contribution is 9.10. The van der Waals surface area contributed by atoms with Gasteiger partial charge in [-0.15, -0.1) is 0 Å². The molecule has 72 valence electrons. The Kier molecular flexibility index (Phi) is 3.26. The van der Waals surface area contributed by atoms with Gasteiger partial charge in [-0.3, -0.25) is 4.79 Å². The molecule has 1 rings (SSSR count). The summed E-state index contributed by atoms with van der Waals surface area (Å²) in [7, 11) is 1.47. The second kappa shape index (κ2) is 4.25. The summed E-state index contributed by atoms with van der Waals surface area (Å²) in [5.74, 6) is 0.348. The third-order valence-corrected chi connectivity index (χ3v) is 2.44. The first-order chi connectivity index (χ1) is 6.60. The van der Waals surface area contributed by atoms with E-state index in [0.717, 1.165) is 0 Å². The molecule has 3 nitrogen and oxygen atoms in total. The summed E-state index contributed by atoms with van der Waals surface area (Å²) in [5.41, 5.74) is 0.922. The highest BCUT2D eigenvalue weighted by Crippen LogP contribution is 2.27. The molecular formula is C10H8BrNO2. The fourth-order valence-electron chi connectivity index (χ4n) is 1.08. The van der Waals surface area contributed by atoms with Gasteiger partial charge in [-0.1, -0.05) is 0 Å². The van der Waals surface area contributed by atoms with E-state index in [1.807, 2.05) is 6.07 Å². The molecule has 0 fully saturated rings. The van der Waals surface area contributed by atoms with Crippen LogP contribution in [0.5, 0.6) is 5.75 Å². The number of nitriles is 1. The maximum atomic E-state index is 11.2. The van der Waals surface area contributed by atoms with E-state index in [-0.39, 0.29) is 5.78 Å². The second-order valence-electron chi connectivity index (χ2n) is 2.70. The number of hydrogen-bond acceptors (Lipinski definition) is 3. The summed E-state index contributed by atoms with van der Waals surface area (Å²) in [6.45, 7) is 1.46. The summed E-state index contributed by atoms with van der Waals surface area (Å²) in [6, 6.07) is 5.13. The topological polar surface area (TPSA) is 50.1 Å². The van der Waals surface area contributed by atoms with Crippen molar-refractivity contribution in [3.8, 4) is 11.8 Å². The van der Waals surface area contributed by atoms with E-state index in [1.165, 1.54) is 14.0 Å². The van der Waals surface area contributed by atoms with Gasteiger partial charge in [-0.05, 0) is 35.0 Å². The normalized spacial score (nSPS) is 9.29. The van der Waals surface area contributed by atoms with Gasteiger partial charge in [0.1, 0.15) is 11.8 Å². The first-order valence-corrected chi connectivity index (χ1v) is 4.68. The smallest absolute Gasteiger partial charge is 0.161 e. The average molecular weight is 254 g/mol. The number of ether oxygens (including phenoxy) is 1. The maximum Gasteiger partial charge on any atom is 0.161 e. The molecule has 14 heavy (non-hydrogen) atoms. The third-order valence-electron chi connectivity index (χ3n) is 1.79. The van der Waals surface area contributed by atoms with Gasteiger partial charge >= 0.3 is 0 Å². The second-order valence-corrected chi connectivity index (χ2v) is 3.55. The Balaban J connectivity index is 3.39.